The molecule has 0 aliphatic rings. The predicted octanol–water partition coefficient (Wildman–Crippen LogP) is 3.38. The van der Waals surface area contributed by atoms with E-state index in [9.17, 15) is 4.39 Å². The van der Waals surface area contributed by atoms with Gasteiger partial charge in [-0.25, -0.2) is 9.37 Å². The number of nitrogens with one attached hydrogen (secondary N) is 2. The number of anilines is 2. The van der Waals surface area contributed by atoms with E-state index in [-0.39, 0.29) is 11.9 Å². The van der Waals surface area contributed by atoms with Gasteiger partial charge in [-0.2, -0.15) is 16.7 Å². The van der Waals surface area contributed by atoms with E-state index in [2.05, 4.69) is 34.4 Å². The van der Waals surface area contributed by atoms with E-state index in [1.807, 2.05) is 18.7 Å². The van der Waals surface area contributed by atoms with Crippen LogP contribution in [-0.4, -0.2) is 34.1 Å². The molecule has 0 radical (unpaired) electrons. The molecule has 0 bridgehead atoms. The first-order valence-electron chi connectivity index (χ1n) is 6.78. The highest BCUT2D eigenvalue weighted by Gasteiger charge is 2.09. The lowest BCUT2D eigenvalue weighted by atomic mass is 10.2. The van der Waals surface area contributed by atoms with Crippen molar-refractivity contribution >= 4 is 23.5 Å². The smallest absolute Gasteiger partial charge is 0.224 e. The highest BCUT2D eigenvalue weighted by molar-refractivity contribution is 7.99. The van der Waals surface area contributed by atoms with Crippen molar-refractivity contribution in [1.29, 1.82) is 0 Å². The van der Waals surface area contributed by atoms with Crippen molar-refractivity contribution in [2.45, 2.75) is 39.7 Å². The van der Waals surface area contributed by atoms with Gasteiger partial charge in [-0.1, -0.05) is 13.8 Å². The van der Waals surface area contributed by atoms with Crippen LogP contribution in [0.15, 0.2) is 6.20 Å². The van der Waals surface area contributed by atoms with Crippen molar-refractivity contribution in [3.05, 3.63) is 12.0 Å². The van der Waals surface area contributed by atoms with Crippen LogP contribution in [0.5, 0.6) is 0 Å². The third-order valence-corrected chi connectivity index (χ3v) is 3.49. The van der Waals surface area contributed by atoms with Crippen molar-refractivity contribution in [1.82, 2.24) is 9.97 Å². The van der Waals surface area contributed by atoms with Crippen molar-refractivity contribution in [2.24, 2.45) is 0 Å². The lowest BCUT2D eigenvalue weighted by molar-refractivity contribution is 0.611. The monoisotopic (exact) mass is 286 g/mol. The molecule has 2 N–H and O–H groups in total. The van der Waals surface area contributed by atoms with Crippen LogP contribution in [-0.2, 0) is 0 Å². The molecule has 0 amide bonds. The number of halogens is 1. The Labute approximate surface area is 119 Å². The largest absolute Gasteiger partial charge is 0.365 e. The lowest BCUT2D eigenvalue weighted by Crippen LogP contribution is -2.19. The van der Waals surface area contributed by atoms with Crippen LogP contribution >= 0.6 is 11.8 Å². The van der Waals surface area contributed by atoms with Gasteiger partial charge in [-0.05, 0) is 31.3 Å². The molecule has 6 heteroatoms. The van der Waals surface area contributed by atoms with Crippen LogP contribution in [0, 0.1) is 5.82 Å². The van der Waals surface area contributed by atoms with Gasteiger partial charge in [-0.15, -0.1) is 0 Å². The molecule has 1 aromatic rings. The summed E-state index contributed by atoms with van der Waals surface area (Å²) in [4.78, 5) is 8.08. The van der Waals surface area contributed by atoms with Gasteiger partial charge in [0, 0.05) is 12.6 Å². The average molecular weight is 286 g/mol. The Morgan fingerprint density at radius 3 is 2.89 bits per heavy atom. The summed E-state index contributed by atoms with van der Waals surface area (Å²) in [5.41, 5.74) is 0. The Morgan fingerprint density at radius 2 is 2.21 bits per heavy atom. The van der Waals surface area contributed by atoms with Crippen LogP contribution in [0.1, 0.15) is 33.6 Å². The molecule has 0 aliphatic heterocycles. The summed E-state index contributed by atoms with van der Waals surface area (Å²) in [5, 5.41) is 6.16. The Hall–Kier alpha value is -1.04. The van der Waals surface area contributed by atoms with Crippen molar-refractivity contribution < 1.29 is 4.39 Å². The van der Waals surface area contributed by atoms with Crippen LogP contribution < -0.4 is 10.6 Å². The van der Waals surface area contributed by atoms with E-state index in [4.69, 9.17) is 0 Å². The minimum atomic E-state index is -0.406. The summed E-state index contributed by atoms with van der Waals surface area (Å²) in [6, 6.07) is 0.197. The van der Waals surface area contributed by atoms with Gasteiger partial charge in [0.1, 0.15) is 0 Å². The van der Waals surface area contributed by atoms with Crippen LogP contribution in [0.2, 0.25) is 0 Å². The maximum absolute atomic E-state index is 13.6. The predicted molar refractivity (Wildman–Crippen MR) is 81.5 cm³/mol. The first-order chi connectivity index (χ1) is 9.17. The molecular weight excluding hydrogens is 263 g/mol. The topological polar surface area (TPSA) is 49.8 Å². The Bertz CT molecular complexity index is 376. The summed E-state index contributed by atoms with van der Waals surface area (Å²) >= 11 is 1.89. The van der Waals surface area contributed by atoms with Gasteiger partial charge in [0.05, 0.1) is 6.20 Å². The molecule has 1 aromatic heterocycles. The zero-order valence-corrected chi connectivity index (χ0v) is 12.7. The van der Waals surface area contributed by atoms with E-state index in [1.54, 1.807) is 0 Å². The molecular formula is C13H23FN4S. The number of rotatable bonds is 9. The summed E-state index contributed by atoms with van der Waals surface area (Å²) in [7, 11) is 0. The number of aromatic nitrogens is 2. The molecule has 4 nitrogen and oxygen atoms in total. The number of nitrogens with zero attached hydrogens (tertiary/aromatic N) is 2. The van der Waals surface area contributed by atoms with Gasteiger partial charge in [0.25, 0.3) is 0 Å². The lowest BCUT2D eigenvalue weighted by Gasteiger charge is -2.15. The zero-order chi connectivity index (χ0) is 14.1. The number of hydrogen-bond donors (Lipinski definition) is 2. The molecule has 1 unspecified atom stereocenters. The molecule has 0 aromatic carbocycles. The van der Waals surface area contributed by atoms with Crippen LogP contribution in [0.4, 0.5) is 16.2 Å². The van der Waals surface area contributed by atoms with E-state index in [0.717, 1.165) is 30.9 Å². The summed E-state index contributed by atoms with van der Waals surface area (Å²) in [5.74, 6) is 2.53. The van der Waals surface area contributed by atoms with Gasteiger partial charge in [-0.3, -0.25) is 0 Å². The quantitative estimate of drug-likeness (QED) is 0.682. The molecule has 1 atom stereocenters. The minimum absolute atomic E-state index is 0.197. The van der Waals surface area contributed by atoms with Crippen LogP contribution in [0.25, 0.3) is 0 Å². The van der Waals surface area contributed by atoms with E-state index < -0.39 is 5.82 Å². The molecule has 108 valence electrons. The molecule has 0 aliphatic carbocycles. The van der Waals surface area contributed by atoms with Crippen molar-refractivity contribution in [3.63, 3.8) is 0 Å². The maximum Gasteiger partial charge on any atom is 0.224 e. The molecule has 0 fully saturated rings. The molecule has 0 saturated carbocycles. The van der Waals surface area contributed by atoms with E-state index in [1.165, 1.54) is 6.20 Å². The van der Waals surface area contributed by atoms with Gasteiger partial charge in [0.15, 0.2) is 11.6 Å². The minimum Gasteiger partial charge on any atom is -0.365 e. The average Bonchev–Trinajstić information content (AvgIpc) is 2.40. The van der Waals surface area contributed by atoms with Crippen LogP contribution in [0.3, 0.4) is 0 Å². The molecule has 19 heavy (non-hydrogen) atoms. The second-order valence-electron chi connectivity index (χ2n) is 4.35. The van der Waals surface area contributed by atoms with Gasteiger partial charge >= 0.3 is 0 Å². The SMILES string of the molecule is CCCNc1ncc(F)c(NC(C)CCSCC)n1. The highest BCUT2D eigenvalue weighted by Crippen LogP contribution is 2.15. The highest BCUT2D eigenvalue weighted by atomic mass is 32.2. The Kier molecular flexibility index (Phi) is 7.55. The van der Waals surface area contributed by atoms with E-state index >= 15 is 0 Å². The van der Waals surface area contributed by atoms with E-state index in [0.29, 0.717) is 5.95 Å². The zero-order valence-electron chi connectivity index (χ0n) is 11.9. The fourth-order valence-corrected chi connectivity index (χ4v) is 2.31. The van der Waals surface area contributed by atoms with Gasteiger partial charge < -0.3 is 10.6 Å². The normalized spacial score (nSPS) is 12.2. The first-order valence-corrected chi connectivity index (χ1v) is 7.93. The molecule has 1 rings (SSSR count). The van der Waals surface area contributed by atoms with Crippen molar-refractivity contribution in [2.75, 3.05) is 28.7 Å². The third-order valence-electron chi connectivity index (χ3n) is 2.56. The Morgan fingerprint density at radius 1 is 1.42 bits per heavy atom. The number of thioether (sulfide) groups is 1. The molecule has 0 saturated heterocycles. The number of hydrogen-bond acceptors (Lipinski definition) is 5. The maximum atomic E-state index is 13.6. The molecule has 0 spiro atoms. The fraction of sp³-hybridized carbons (Fsp3) is 0.692. The fourth-order valence-electron chi connectivity index (χ4n) is 1.50. The van der Waals surface area contributed by atoms with Crippen molar-refractivity contribution in [3.8, 4) is 0 Å². The summed E-state index contributed by atoms with van der Waals surface area (Å²) < 4.78 is 13.6. The Balaban J connectivity index is 2.55. The second kappa shape index (κ2) is 8.96. The first kappa shape index (κ1) is 16.0. The van der Waals surface area contributed by atoms with Gasteiger partial charge in [0.2, 0.25) is 5.95 Å². The standard InChI is InChI=1S/C13H23FN4S/c1-4-7-15-13-16-9-11(14)12(18-13)17-10(3)6-8-19-5-2/h9-10H,4-8H2,1-3H3,(H2,15,16,17,18). The summed E-state index contributed by atoms with van der Waals surface area (Å²) in [6.07, 6.45) is 3.18. The second-order valence-corrected chi connectivity index (χ2v) is 5.74. The summed E-state index contributed by atoms with van der Waals surface area (Å²) in [6.45, 7) is 7.02. The third kappa shape index (κ3) is 6.09. The molecule has 1 heterocycles.